The molecular weight excluding hydrogens is 268 g/mol. The summed E-state index contributed by atoms with van der Waals surface area (Å²) in [5.41, 5.74) is -0.302. The summed E-state index contributed by atoms with van der Waals surface area (Å²) in [6.45, 7) is 7.42. The maximum absolute atomic E-state index is 12.0. The number of urea groups is 1. The highest BCUT2D eigenvalue weighted by Crippen LogP contribution is 2.07. The van der Waals surface area contributed by atoms with Crippen molar-refractivity contribution in [1.29, 1.82) is 0 Å². The van der Waals surface area contributed by atoms with Crippen molar-refractivity contribution < 1.29 is 9.59 Å². The minimum absolute atomic E-state index is 0.219. The maximum Gasteiger partial charge on any atom is 0.320 e. The van der Waals surface area contributed by atoms with Gasteiger partial charge in [0.05, 0.1) is 0 Å². The highest BCUT2D eigenvalue weighted by molar-refractivity contribution is 5.95. The molecular formula is C15H24N4O2. The molecule has 0 bridgehead atoms. The molecule has 1 aromatic rings. The molecule has 0 unspecified atom stereocenters. The Balaban J connectivity index is 2.43. The predicted octanol–water partition coefficient (Wildman–Crippen LogP) is 1.31. The molecule has 116 valence electrons. The fraction of sp³-hybridized carbons (Fsp3) is 0.467. The zero-order chi connectivity index (χ0) is 15.7. The Morgan fingerprint density at radius 2 is 1.76 bits per heavy atom. The van der Waals surface area contributed by atoms with E-state index in [1.54, 1.807) is 26.0 Å². The smallest absolute Gasteiger partial charge is 0.320 e. The van der Waals surface area contributed by atoms with Crippen molar-refractivity contribution in [3.05, 3.63) is 30.3 Å². The lowest BCUT2D eigenvalue weighted by Crippen LogP contribution is -2.56. The van der Waals surface area contributed by atoms with Gasteiger partial charge in [-0.2, -0.15) is 0 Å². The van der Waals surface area contributed by atoms with Crippen LogP contribution in [-0.4, -0.2) is 37.1 Å². The van der Waals surface area contributed by atoms with Crippen molar-refractivity contribution in [2.24, 2.45) is 0 Å². The maximum atomic E-state index is 12.0. The van der Waals surface area contributed by atoms with Crippen LogP contribution in [0, 0.1) is 0 Å². The zero-order valence-corrected chi connectivity index (χ0v) is 12.8. The molecule has 0 saturated carbocycles. The third-order valence-corrected chi connectivity index (χ3v) is 2.86. The van der Waals surface area contributed by atoms with Crippen LogP contribution in [0.5, 0.6) is 0 Å². The van der Waals surface area contributed by atoms with Crippen molar-refractivity contribution in [2.75, 3.05) is 25.0 Å². The highest BCUT2D eigenvalue weighted by atomic mass is 16.2. The van der Waals surface area contributed by atoms with E-state index in [2.05, 4.69) is 21.3 Å². The topological polar surface area (TPSA) is 82.3 Å². The van der Waals surface area contributed by atoms with Gasteiger partial charge in [0, 0.05) is 18.8 Å². The first-order valence-electron chi connectivity index (χ1n) is 7.09. The van der Waals surface area contributed by atoms with E-state index in [1.807, 2.05) is 25.1 Å². The minimum Gasteiger partial charge on any atom is -0.353 e. The monoisotopic (exact) mass is 292 g/mol. The van der Waals surface area contributed by atoms with E-state index in [0.29, 0.717) is 18.8 Å². The van der Waals surface area contributed by atoms with Gasteiger partial charge in [0.2, 0.25) is 5.91 Å². The molecule has 0 fully saturated rings. The second-order valence-corrected chi connectivity index (χ2v) is 5.18. The molecule has 6 heteroatoms. The van der Waals surface area contributed by atoms with Gasteiger partial charge < -0.3 is 21.3 Å². The van der Waals surface area contributed by atoms with Crippen molar-refractivity contribution >= 4 is 17.6 Å². The Hall–Kier alpha value is -2.08. The molecule has 0 aliphatic rings. The highest BCUT2D eigenvalue weighted by Gasteiger charge is 2.29. The second kappa shape index (κ2) is 8.26. The second-order valence-electron chi connectivity index (χ2n) is 5.18. The van der Waals surface area contributed by atoms with Crippen LogP contribution < -0.4 is 21.3 Å². The number of benzene rings is 1. The molecule has 0 saturated heterocycles. The summed E-state index contributed by atoms with van der Waals surface area (Å²) in [5, 5.41) is 11.2. The van der Waals surface area contributed by atoms with Crippen molar-refractivity contribution in [1.82, 2.24) is 16.0 Å². The molecule has 0 aliphatic carbocycles. The lowest BCUT2D eigenvalue weighted by molar-refractivity contribution is -0.125. The first-order valence-corrected chi connectivity index (χ1v) is 7.09. The van der Waals surface area contributed by atoms with Crippen LogP contribution in [0.3, 0.4) is 0 Å². The van der Waals surface area contributed by atoms with Crippen LogP contribution in [0.15, 0.2) is 30.3 Å². The van der Waals surface area contributed by atoms with Gasteiger partial charge in [-0.25, -0.2) is 4.79 Å². The van der Waals surface area contributed by atoms with E-state index >= 15 is 0 Å². The third-order valence-electron chi connectivity index (χ3n) is 2.86. The molecule has 3 amide bonds. The van der Waals surface area contributed by atoms with Crippen LogP contribution in [-0.2, 0) is 4.79 Å². The average molecular weight is 292 g/mol. The van der Waals surface area contributed by atoms with Crippen LogP contribution in [0.4, 0.5) is 10.5 Å². The van der Waals surface area contributed by atoms with Gasteiger partial charge in [-0.15, -0.1) is 0 Å². The number of rotatable bonds is 7. The number of hydrogen-bond donors (Lipinski definition) is 4. The van der Waals surface area contributed by atoms with Crippen LogP contribution >= 0.6 is 0 Å². The predicted molar refractivity (Wildman–Crippen MR) is 84.2 cm³/mol. The Labute approximate surface area is 125 Å². The van der Waals surface area contributed by atoms with Crippen LogP contribution in [0.25, 0.3) is 0 Å². The average Bonchev–Trinajstić information content (AvgIpc) is 2.43. The number of likely N-dealkylation sites (N-methyl/N-ethyl adjacent to an activating group) is 1. The SMILES string of the molecule is CCNCCNC(=O)C(C)(C)NC(=O)Nc1ccccc1. The molecule has 4 N–H and O–H groups in total. The van der Waals surface area contributed by atoms with Crippen LogP contribution in [0.2, 0.25) is 0 Å². The van der Waals surface area contributed by atoms with Crippen molar-refractivity contribution in [2.45, 2.75) is 26.3 Å². The molecule has 0 radical (unpaired) electrons. The number of para-hydroxylation sites is 1. The lowest BCUT2D eigenvalue weighted by atomic mass is 10.1. The van der Waals surface area contributed by atoms with E-state index < -0.39 is 11.6 Å². The fourth-order valence-electron chi connectivity index (χ4n) is 1.69. The Kier molecular flexibility index (Phi) is 6.68. The first-order chi connectivity index (χ1) is 9.95. The minimum atomic E-state index is -0.981. The summed E-state index contributed by atoms with van der Waals surface area (Å²) in [5.74, 6) is -0.219. The summed E-state index contributed by atoms with van der Waals surface area (Å²) in [6.07, 6.45) is 0. The molecule has 0 aromatic heterocycles. The fourth-order valence-corrected chi connectivity index (χ4v) is 1.69. The molecule has 0 aliphatic heterocycles. The quantitative estimate of drug-likeness (QED) is 0.572. The number of carbonyl (C=O) groups excluding carboxylic acids is 2. The largest absolute Gasteiger partial charge is 0.353 e. The molecule has 6 nitrogen and oxygen atoms in total. The molecule has 1 rings (SSSR count). The zero-order valence-electron chi connectivity index (χ0n) is 12.8. The normalized spacial score (nSPS) is 10.8. The summed E-state index contributed by atoms with van der Waals surface area (Å²) in [7, 11) is 0. The van der Waals surface area contributed by atoms with Gasteiger partial charge in [0.25, 0.3) is 0 Å². The van der Waals surface area contributed by atoms with Crippen molar-refractivity contribution in [3.63, 3.8) is 0 Å². The number of carbonyl (C=O) groups is 2. The summed E-state index contributed by atoms with van der Waals surface area (Å²) < 4.78 is 0. The van der Waals surface area contributed by atoms with Gasteiger partial charge in [-0.3, -0.25) is 4.79 Å². The van der Waals surface area contributed by atoms with Crippen LogP contribution in [0.1, 0.15) is 20.8 Å². The molecule has 21 heavy (non-hydrogen) atoms. The van der Waals surface area contributed by atoms with Gasteiger partial charge in [0.1, 0.15) is 5.54 Å². The van der Waals surface area contributed by atoms with Gasteiger partial charge in [0.15, 0.2) is 0 Å². The van der Waals surface area contributed by atoms with E-state index in [4.69, 9.17) is 0 Å². The van der Waals surface area contributed by atoms with Gasteiger partial charge in [-0.05, 0) is 32.5 Å². The Morgan fingerprint density at radius 3 is 2.38 bits per heavy atom. The standard InChI is InChI=1S/C15H24N4O2/c1-4-16-10-11-17-13(20)15(2,3)19-14(21)18-12-8-6-5-7-9-12/h5-9,16H,4,10-11H2,1-3H3,(H,17,20)(H2,18,19,21). The number of hydrogen-bond acceptors (Lipinski definition) is 3. The summed E-state index contributed by atoms with van der Waals surface area (Å²) in [4.78, 5) is 23.9. The number of amides is 3. The summed E-state index contributed by atoms with van der Waals surface area (Å²) in [6, 6.07) is 8.67. The lowest BCUT2D eigenvalue weighted by Gasteiger charge is -2.25. The van der Waals surface area contributed by atoms with Crippen molar-refractivity contribution in [3.8, 4) is 0 Å². The molecule has 0 heterocycles. The Bertz CT molecular complexity index is 460. The number of nitrogens with one attached hydrogen (secondary N) is 4. The van der Waals surface area contributed by atoms with Gasteiger partial charge in [-0.1, -0.05) is 25.1 Å². The van der Waals surface area contributed by atoms with E-state index in [1.165, 1.54) is 0 Å². The molecule has 1 aromatic carbocycles. The molecule has 0 atom stereocenters. The van der Waals surface area contributed by atoms with E-state index in [-0.39, 0.29) is 5.91 Å². The molecule has 0 spiro atoms. The summed E-state index contributed by atoms with van der Waals surface area (Å²) >= 11 is 0. The Morgan fingerprint density at radius 1 is 1.10 bits per heavy atom. The first kappa shape index (κ1) is 17.0. The van der Waals surface area contributed by atoms with Gasteiger partial charge >= 0.3 is 6.03 Å². The van der Waals surface area contributed by atoms with E-state index in [0.717, 1.165) is 6.54 Å². The third kappa shape index (κ3) is 6.27. The van der Waals surface area contributed by atoms with E-state index in [9.17, 15) is 9.59 Å². The number of anilines is 1.